The summed E-state index contributed by atoms with van der Waals surface area (Å²) < 4.78 is 0. The molecule has 1 aliphatic rings. The minimum Gasteiger partial charge on any atom is -0.342 e. The minimum atomic E-state index is -0.0763. The van der Waals surface area contributed by atoms with Crippen LogP contribution >= 0.6 is 11.6 Å². The molecule has 5 heteroatoms. The number of hydrogen-bond donors (Lipinski definition) is 1. The Balaban J connectivity index is 1.61. The van der Waals surface area contributed by atoms with Crippen molar-refractivity contribution in [3.05, 3.63) is 66.2 Å². The van der Waals surface area contributed by atoms with Gasteiger partial charge in [-0.05, 0) is 48.2 Å². The number of benzene rings is 2. The maximum Gasteiger partial charge on any atom is 0.227 e. The summed E-state index contributed by atoms with van der Waals surface area (Å²) in [5.74, 6) is 0.0137. The van der Waals surface area contributed by atoms with Crippen molar-refractivity contribution in [3.63, 3.8) is 0 Å². The Morgan fingerprint density at radius 1 is 1.11 bits per heavy atom. The molecule has 1 aliphatic heterocycles. The van der Waals surface area contributed by atoms with Gasteiger partial charge in [0.1, 0.15) is 0 Å². The van der Waals surface area contributed by atoms with E-state index >= 15 is 0 Å². The van der Waals surface area contributed by atoms with Crippen LogP contribution in [0.2, 0.25) is 5.02 Å². The van der Waals surface area contributed by atoms with E-state index in [-0.39, 0.29) is 17.7 Å². The highest BCUT2D eigenvalue weighted by molar-refractivity contribution is 6.30. The van der Waals surface area contributed by atoms with Crippen molar-refractivity contribution < 1.29 is 9.59 Å². The molecule has 27 heavy (non-hydrogen) atoms. The Bertz CT molecular complexity index is 842. The number of likely N-dealkylation sites (tertiary alicyclic amines) is 1. The van der Waals surface area contributed by atoms with E-state index in [1.165, 1.54) is 0 Å². The Labute approximate surface area is 164 Å². The van der Waals surface area contributed by atoms with Crippen molar-refractivity contribution in [1.29, 1.82) is 0 Å². The fourth-order valence-electron chi connectivity index (χ4n) is 3.33. The van der Waals surface area contributed by atoms with Crippen LogP contribution in [0.1, 0.15) is 19.3 Å². The zero-order valence-electron chi connectivity index (χ0n) is 15.2. The first-order valence-electron chi connectivity index (χ1n) is 9.12. The van der Waals surface area contributed by atoms with Crippen LogP contribution in [0.4, 0.5) is 5.69 Å². The van der Waals surface area contributed by atoms with Gasteiger partial charge in [0, 0.05) is 36.1 Å². The molecule has 0 bridgehead atoms. The van der Waals surface area contributed by atoms with E-state index in [9.17, 15) is 9.59 Å². The van der Waals surface area contributed by atoms with Gasteiger partial charge in [-0.15, -0.1) is 6.58 Å². The van der Waals surface area contributed by atoms with Gasteiger partial charge >= 0.3 is 0 Å². The first-order valence-corrected chi connectivity index (χ1v) is 9.50. The van der Waals surface area contributed by atoms with Crippen LogP contribution in [-0.2, 0) is 9.59 Å². The van der Waals surface area contributed by atoms with E-state index in [0.717, 1.165) is 16.8 Å². The molecule has 2 amide bonds. The highest BCUT2D eigenvalue weighted by Crippen LogP contribution is 2.26. The molecule has 1 saturated heterocycles. The van der Waals surface area contributed by atoms with Gasteiger partial charge in [-0.25, -0.2) is 0 Å². The lowest BCUT2D eigenvalue weighted by atomic mass is 9.95. The molecule has 0 unspecified atom stereocenters. The Morgan fingerprint density at radius 3 is 2.44 bits per heavy atom. The summed E-state index contributed by atoms with van der Waals surface area (Å²) in [5.41, 5.74) is 2.77. The summed E-state index contributed by atoms with van der Waals surface area (Å²) in [7, 11) is 0. The maximum atomic E-state index is 12.6. The molecule has 0 atom stereocenters. The van der Waals surface area contributed by atoms with Crippen LogP contribution in [0, 0.1) is 5.92 Å². The summed E-state index contributed by atoms with van der Waals surface area (Å²) >= 11 is 6.07. The van der Waals surface area contributed by atoms with Crippen molar-refractivity contribution in [2.75, 3.05) is 18.4 Å². The van der Waals surface area contributed by atoms with Crippen LogP contribution in [0.5, 0.6) is 0 Å². The summed E-state index contributed by atoms with van der Waals surface area (Å²) in [6.45, 7) is 4.84. The van der Waals surface area contributed by atoms with Gasteiger partial charge in [-0.1, -0.05) is 41.9 Å². The summed E-state index contributed by atoms with van der Waals surface area (Å²) in [5, 5.41) is 3.69. The summed E-state index contributed by atoms with van der Waals surface area (Å²) in [6.07, 6.45) is 3.34. The molecule has 1 N–H and O–H groups in total. The predicted octanol–water partition coefficient (Wildman–Crippen LogP) is 4.76. The highest BCUT2D eigenvalue weighted by Gasteiger charge is 2.26. The Morgan fingerprint density at radius 2 is 1.78 bits per heavy atom. The van der Waals surface area contributed by atoms with Gasteiger partial charge in [-0.2, -0.15) is 0 Å². The molecule has 0 radical (unpaired) electrons. The summed E-state index contributed by atoms with van der Waals surface area (Å²) in [4.78, 5) is 26.3. The topological polar surface area (TPSA) is 49.4 Å². The third-order valence-corrected chi connectivity index (χ3v) is 5.06. The minimum absolute atomic E-state index is 0.00839. The number of nitrogens with one attached hydrogen (secondary N) is 1. The van der Waals surface area contributed by atoms with E-state index < -0.39 is 0 Å². The molecule has 0 aromatic heterocycles. The molecule has 1 heterocycles. The number of hydrogen-bond acceptors (Lipinski definition) is 2. The lowest BCUT2D eigenvalue weighted by Crippen LogP contribution is -2.41. The lowest BCUT2D eigenvalue weighted by Gasteiger charge is -2.31. The third-order valence-electron chi connectivity index (χ3n) is 4.83. The quantitative estimate of drug-likeness (QED) is 0.758. The molecule has 4 nitrogen and oxygen atoms in total. The van der Waals surface area contributed by atoms with Crippen molar-refractivity contribution >= 4 is 29.1 Å². The molecule has 2 aromatic rings. The van der Waals surface area contributed by atoms with Crippen LogP contribution in [-0.4, -0.2) is 29.8 Å². The normalized spacial score (nSPS) is 14.6. The molecule has 0 aliphatic carbocycles. The maximum absolute atomic E-state index is 12.6. The van der Waals surface area contributed by atoms with Crippen molar-refractivity contribution in [3.8, 4) is 11.1 Å². The number of carbonyl (C=O) groups is 2. The number of piperidine rings is 1. The van der Waals surface area contributed by atoms with Crippen molar-refractivity contribution in [2.24, 2.45) is 5.92 Å². The number of amides is 2. The second kappa shape index (κ2) is 8.87. The molecule has 3 rings (SSSR count). The molecular weight excluding hydrogens is 360 g/mol. The average molecular weight is 383 g/mol. The van der Waals surface area contributed by atoms with E-state index in [2.05, 4.69) is 11.9 Å². The van der Waals surface area contributed by atoms with Crippen molar-refractivity contribution in [1.82, 2.24) is 4.90 Å². The van der Waals surface area contributed by atoms with Gasteiger partial charge in [0.2, 0.25) is 11.8 Å². The zero-order valence-corrected chi connectivity index (χ0v) is 15.9. The molecule has 1 fully saturated rings. The number of rotatable bonds is 5. The third kappa shape index (κ3) is 4.98. The number of carbonyl (C=O) groups excluding carboxylic acids is 2. The zero-order chi connectivity index (χ0) is 19.2. The molecule has 140 valence electrons. The number of halogens is 1. The van der Waals surface area contributed by atoms with Crippen LogP contribution in [0.3, 0.4) is 0 Å². The van der Waals surface area contributed by atoms with Gasteiger partial charge in [-0.3, -0.25) is 9.59 Å². The van der Waals surface area contributed by atoms with E-state index in [1.807, 2.05) is 53.4 Å². The number of nitrogens with zero attached hydrogens (tertiary/aromatic N) is 1. The number of anilines is 1. The smallest absolute Gasteiger partial charge is 0.227 e. The second-order valence-electron chi connectivity index (χ2n) is 6.73. The standard InChI is InChI=1S/C22H23ClN2O2/c1-2-5-21(26)25-12-10-16(11-13-25)22(27)24-20-9-4-7-18(15-20)17-6-3-8-19(23)14-17/h2-4,6-9,14-16H,1,5,10-13H2,(H,24,27). The van der Waals surface area contributed by atoms with Crippen LogP contribution in [0.15, 0.2) is 61.2 Å². The molecule has 2 aromatic carbocycles. The van der Waals surface area contributed by atoms with E-state index in [4.69, 9.17) is 11.6 Å². The van der Waals surface area contributed by atoms with Gasteiger partial charge in [0.15, 0.2) is 0 Å². The SMILES string of the molecule is C=CCC(=O)N1CCC(C(=O)Nc2cccc(-c3cccc(Cl)c3)c2)CC1. The largest absolute Gasteiger partial charge is 0.342 e. The predicted molar refractivity (Wildman–Crippen MR) is 110 cm³/mol. The van der Waals surface area contributed by atoms with Crippen LogP contribution in [0.25, 0.3) is 11.1 Å². The average Bonchev–Trinajstić information content (AvgIpc) is 2.68. The van der Waals surface area contributed by atoms with Gasteiger partial charge in [0.05, 0.1) is 0 Å². The molecular formula is C22H23ClN2O2. The van der Waals surface area contributed by atoms with Crippen molar-refractivity contribution in [2.45, 2.75) is 19.3 Å². The Hall–Kier alpha value is -2.59. The van der Waals surface area contributed by atoms with Crippen LogP contribution < -0.4 is 5.32 Å². The molecule has 0 spiro atoms. The Kier molecular flexibility index (Phi) is 6.30. The first kappa shape index (κ1) is 19.2. The molecule has 0 saturated carbocycles. The lowest BCUT2D eigenvalue weighted by molar-refractivity contribution is -0.133. The highest BCUT2D eigenvalue weighted by atomic mass is 35.5. The monoisotopic (exact) mass is 382 g/mol. The fraction of sp³-hybridized carbons (Fsp3) is 0.273. The first-order chi connectivity index (χ1) is 13.1. The fourth-order valence-corrected chi connectivity index (χ4v) is 3.52. The summed E-state index contributed by atoms with van der Waals surface area (Å²) in [6, 6.07) is 15.4. The van der Waals surface area contributed by atoms with Gasteiger partial charge < -0.3 is 10.2 Å². The second-order valence-corrected chi connectivity index (χ2v) is 7.16. The van der Waals surface area contributed by atoms with E-state index in [1.54, 1.807) is 6.08 Å². The van der Waals surface area contributed by atoms with Gasteiger partial charge in [0.25, 0.3) is 0 Å². The van der Waals surface area contributed by atoms with E-state index in [0.29, 0.717) is 37.4 Å².